The van der Waals surface area contributed by atoms with Gasteiger partial charge in [0.1, 0.15) is 0 Å². The van der Waals surface area contributed by atoms with E-state index < -0.39 is 22.3 Å². The molecule has 25 heavy (non-hydrogen) atoms. The summed E-state index contributed by atoms with van der Waals surface area (Å²) in [5, 5.41) is 24.4. The number of amides is 1. The maximum Gasteiger partial charge on any atom is 0.311 e. The highest BCUT2D eigenvalue weighted by Gasteiger charge is 2.20. The zero-order valence-electron chi connectivity index (χ0n) is 12.4. The van der Waals surface area contributed by atoms with E-state index in [2.05, 4.69) is 26.5 Å². The Labute approximate surface area is 149 Å². The lowest BCUT2D eigenvalue weighted by molar-refractivity contribution is -0.385. The first-order chi connectivity index (χ1) is 12.0. The molecule has 1 aliphatic rings. The van der Waals surface area contributed by atoms with E-state index in [-0.39, 0.29) is 12.4 Å². The second-order valence-electron chi connectivity index (χ2n) is 4.86. The topological polar surface area (TPSA) is 123 Å². The first-order valence-corrected chi connectivity index (χ1v) is 7.65. The van der Waals surface area contributed by atoms with E-state index in [1.807, 2.05) is 0 Å². The molecule has 2 aromatic carbocycles. The average molecular weight is 408 g/mol. The Kier molecular flexibility index (Phi) is 4.52. The van der Waals surface area contributed by atoms with E-state index in [9.17, 15) is 20.0 Å². The van der Waals surface area contributed by atoms with Gasteiger partial charge < -0.3 is 14.6 Å². The molecule has 128 valence electrons. The summed E-state index contributed by atoms with van der Waals surface area (Å²) in [5.74, 6) is -0.361. The summed E-state index contributed by atoms with van der Waals surface area (Å²) in [4.78, 5) is 22.0. The zero-order valence-corrected chi connectivity index (χ0v) is 14.0. The Morgan fingerprint density at radius 1 is 1.36 bits per heavy atom. The molecule has 1 amide bonds. The second kappa shape index (κ2) is 6.77. The molecule has 0 atom stereocenters. The van der Waals surface area contributed by atoms with Crippen molar-refractivity contribution in [3.8, 4) is 17.2 Å². The van der Waals surface area contributed by atoms with Crippen LogP contribution < -0.4 is 14.9 Å². The number of phenols is 1. The quantitative estimate of drug-likeness (QED) is 0.455. The number of nitro groups is 1. The number of hydrazone groups is 1. The largest absolute Gasteiger partial charge is 0.502 e. The van der Waals surface area contributed by atoms with Gasteiger partial charge in [0, 0.05) is 16.1 Å². The molecule has 10 heteroatoms. The number of hydrogen-bond acceptors (Lipinski definition) is 7. The fourth-order valence-electron chi connectivity index (χ4n) is 2.11. The minimum atomic E-state index is -0.783. The molecule has 0 saturated carbocycles. The van der Waals surface area contributed by atoms with Gasteiger partial charge in [0.05, 0.1) is 16.7 Å². The van der Waals surface area contributed by atoms with Crippen molar-refractivity contribution in [2.75, 3.05) is 6.79 Å². The number of para-hydroxylation sites is 1. The lowest BCUT2D eigenvalue weighted by Crippen LogP contribution is -2.18. The maximum absolute atomic E-state index is 12.0. The van der Waals surface area contributed by atoms with E-state index in [1.54, 1.807) is 12.1 Å². The zero-order chi connectivity index (χ0) is 18.0. The Balaban J connectivity index is 1.76. The first kappa shape index (κ1) is 16.7. The standard InChI is InChI=1S/C15H10BrN3O6/c16-10-5-13-12(24-7-25-13)4-8(10)6-17-18-15(21)9-2-1-3-11(14(9)20)19(22)23/h1-6,20H,7H2,(H,18,21)/b17-6+. The van der Waals surface area contributed by atoms with Gasteiger partial charge in [-0.1, -0.05) is 6.07 Å². The average Bonchev–Trinajstić information content (AvgIpc) is 3.01. The fourth-order valence-corrected chi connectivity index (χ4v) is 2.54. The summed E-state index contributed by atoms with van der Waals surface area (Å²) < 4.78 is 11.2. The number of phenolic OH excluding ortho intramolecular Hbond substituents is 1. The van der Waals surface area contributed by atoms with Gasteiger partial charge in [-0.3, -0.25) is 14.9 Å². The van der Waals surface area contributed by atoms with Crippen molar-refractivity contribution in [3.63, 3.8) is 0 Å². The summed E-state index contributed by atoms with van der Waals surface area (Å²) in [6, 6.07) is 7.03. The molecule has 0 aromatic heterocycles. The van der Waals surface area contributed by atoms with Gasteiger partial charge >= 0.3 is 5.69 Å². The van der Waals surface area contributed by atoms with Crippen LogP contribution in [0.5, 0.6) is 17.2 Å². The van der Waals surface area contributed by atoms with Gasteiger partial charge in [-0.25, -0.2) is 5.43 Å². The third kappa shape index (κ3) is 3.38. The number of fused-ring (bicyclic) bond motifs is 1. The van der Waals surface area contributed by atoms with Gasteiger partial charge in [0.25, 0.3) is 5.91 Å². The lowest BCUT2D eigenvalue weighted by Gasteiger charge is -2.04. The smallest absolute Gasteiger partial charge is 0.311 e. The fraction of sp³-hybridized carbons (Fsp3) is 0.0667. The minimum absolute atomic E-state index is 0.130. The number of nitro benzene ring substituents is 1. The van der Waals surface area contributed by atoms with E-state index in [0.717, 1.165) is 6.07 Å². The molecule has 0 aliphatic carbocycles. The Morgan fingerprint density at radius 3 is 2.80 bits per heavy atom. The first-order valence-electron chi connectivity index (χ1n) is 6.86. The van der Waals surface area contributed by atoms with Crippen LogP contribution in [0.3, 0.4) is 0 Å². The molecular weight excluding hydrogens is 398 g/mol. The van der Waals surface area contributed by atoms with Crippen molar-refractivity contribution in [1.29, 1.82) is 0 Å². The van der Waals surface area contributed by atoms with E-state index in [1.165, 1.54) is 18.3 Å². The number of carbonyl (C=O) groups is 1. The van der Waals surface area contributed by atoms with Gasteiger partial charge in [-0.2, -0.15) is 5.10 Å². The number of nitrogens with one attached hydrogen (secondary N) is 1. The predicted molar refractivity (Wildman–Crippen MR) is 90.1 cm³/mol. The second-order valence-corrected chi connectivity index (χ2v) is 5.71. The number of benzene rings is 2. The van der Waals surface area contributed by atoms with Crippen LogP contribution in [-0.4, -0.2) is 28.9 Å². The molecule has 0 spiro atoms. The number of halogens is 1. The van der Waals surface area contributed by atoms with E-state index >= 15 is 0 Å². The van der Waals surface area contributed by atoms with Gasteiger partial charge in [0.2, 0.25) is 12.5 Å². The molecule has 9 nitrogen and oxygen atoms in total. The van der Waals surface area contributed by atoms with Crippen LogP contribution in [0.2, 0.25) is 0 Å². The van der Waals surface area contributed by atoms with Crippen molar-refractivity contribution in [1.82, 2.24) is 5.43 Å². The molecule has 1 heterocycles. The summed E-state index contributed by atoms with van der Waals surface area (Å²) in [6.45, 7) is 0.130. The maximum atomic E-state index is 12.0. The normalized spacial score (nSPS) is 12.4. The predicted octanol–water partition coefficient (Wildman–Crippen LogP) is 2.56. The van der Waals surface area contributed by atoms with Gasteiger partial charge in [0.15, 0.2) is 11.5 Å². The van der Waals surface area contributed by atoms with Crippen molar-refractivity contribution >= 4 is 33.7 Å². The van der Waals surface area contributed by atoms with Crippen LogP contribution in [0.4, 0.5) is 5.69 Å². The Hall–Kier alpha value is -3.14. The highest BCUT2D eigenvalue weighted by atomic mass is 79.9. The van der Waals surface area contributed by atoms with E-state index in [4.69, 9.17) is 9.47 Å². The van der Waals surface area contributed by atoms with Crippen molar-refractivity contribution < 1.29 is 24.3 Å². The number of nitrogens with zero attached hydrogens (tertiary/aromatic N) is 2. The number of rotatable bonds is 4. The van der Waals surface area contributed by atoms with Gasteiger partial charge in [-0.05, 0) is 34.1 Å². The third-order valence-electron chi connectivity index (χ3n) is 3.32. The summed E-state index contributed by atoms with van der Waals surface area (Å²) in [5.41, 5.74) is 2.01. The van der Waals surface area contributed by atoms with E-state index in [0.29, 0.717) is 21.5 Å². The number of hydrogen-bond donors (Lipinski definition) is 2. The summed E-state index contributed by atoms with van der Waals surface area (Å²) in [7, 11) is 0. The monoisotopic (exact) mass is 407 g/mol. The van der Waals surface area contributed by atoms with Crippen LogP contribution >= 0.6 is 15.9 Å². The molecular formula is C15H10BrN3O6. The van der Waals surface area contributed by atoms with Crippen molar-refractivity contribution in [2.24, 2.45) is 5.10 Å². The number of aromatic hydroxyl groups is 1. The lowest BCUT2D eigenvalue weighted by atomic mass is 10.1. The summed E-state index contributed by atoms with van der Waals surface area (Å²) in [6.07, 6.45) is 1.36. The Bertz CT molecular complexity index is 899. The van der Waals surface area contributed by atoms with Crippen molar-refractivity contribution in [3.05, 3.63) is 56.0 Å². The molecule has 0 radical (unpaired) electrons. The molecule has 2 N–H and O–H groups in total. The summed E-state index contributed by atoms with van der Waals surface area (Å²) >= 11 is 3.34. The van der Waals surface area contributed by atoms with Crippen LogP contribution in [0.25, 0.3) is 0 Å². The molecule has 3 rings (SSSR count). The third-order valence-corrected chi connectivity index (χ3v) is 4.00. The van der Waals surface area contributed by atoms with Crippen LogP contribution in [0.1, 0.15) is 15.9 Å². The minimum Gasteiger partial charge on any atom is -0.502 e. The highest BCUT2D eigenvalue weighted by Crippen LogP contribution is 2.36. The van der Waals surface area contributed by atoms with Gasteiger partial charge in [-0.15, -0.1) is 0 Å². The SMILES string of the molecule is O=C(N/N=C/c1cc2c(cc1Br)OCO2)c1cccc([N+](=O)[O-])c1O. The molecule has 0 bridgehead atoms. The Morgan fingerprint density at radius 2 is 2.08 bits per heavy atom. The molecule has 0 unspecified atom stereocenters. The number of carbonyl (C=O) groups excluding carboxylic acids is 1. The highest BCUT2D eigenvalue weighted by molar-refractivity contribution is 9.10. The van der Waals surface area contributed by atoms with Crippen molar-refractivity contribution in [2.45, 2.75) is 0 Å². The number of ether oxygens (including phenoxy) is 2. The van der Waals surface area contributed by atoms with Crippen LogP contribution in [0, 0.1) is 10.1 Å². The molecule has 0 saturated heterocycles. The van der Waals surface area contributed by atoms with Crippen LogP contribution in [-0.2, 0) is 0 Å². The molecule has 1 aliphatic heterocycles. The molecule has 0 fully saturated rings. The van der Waals surface area contributed by atoms with Crippen LogP contribution in [0.15, 0.2) is 39.9 Å². The molecule has 2 aromatic rings.